The molecule has 6 heteroatoms. The highest BCUT2D eigenvalue weighted by atomic mass is 16.5. The average molecular weight is 200 g/mol. The molecule has 6 nitrogen and oxygen atoms in total. The summed E-state index contributed by atoms with van der Waals surface area (Å²) in [5.41, 5.74) is 0. The molecule has 0 atom stereocenters. The van der Waals surface area contributed by atoms with E-state index >= 15 is 0 Å². The van der Waals surface area contributed by atoms with Crippen LogP contribution in [0.4, 0.5) is 4.79 Å². The summed E-state index contributed by atoms with van der Waals surface area (Å²) in [5, 5.41) is 2.12. The van der Waals surface area contributed by atoms with Gasteiger partial charge in [-0.1, -0.05) is 0 Å². The summed E-state index contributed by atoms with van der Waals surface area (Å²) in [5.74, 6) is -0.696. The molecule has 1 rings (SSSR count). The van der Waals surface area contributed by atoms with Crippen LogP contribution in [-0.4, -0.2) is 42.5 Å². The van der Waals surface area contributed by atoms with Crippen molar-refractivity contribution in [2.75, 3.05) is 19.7 Å². The molecule has 1 saturated heterocycles. The predicted octanol–water partition coefficient (Wildman–Crippen LogP) is -0.509. The lowest BCUT2D eigenvalue weighted by Crippen LogP contribution is -2.30. The number of ether oxygens (including phenoxy) is 1. The van der Waals surface area contributed by atoms with Gasteiger partial charge >= 0.3 is 12.0 Å². The van der Waals surface area contributed by atoms with Crippen molar-refractivity contribution in [2.45, 2.75) is 13.3 Å². The Kier molecular flexibility index (Phi) is 3.44. The van der Waals surface area contributed by atoms with Gasteiger partial charge in [-0.05, 0) is 6.92 Å². The van der Waals surface area contributed by atoms with E-state index in [0.29, 0.717) is 6.61 Å². The van der Waals surface area contributed by atoms with Gasteiger partial charge in [0.25, 0.3) is 0 Å². The summed E-state index contributed by atoms with van der Waals surface area (Å²) in [7, 11) is 0. The Morgan fingerprint density at radius 1 is 1.57 bits per heavy atom. The van der Waals surface area contributed by atoms with Crippen LogP contribution in [0, 0.1) is 0 Å². The van der Waals surface area contributed by atoms with Gasteiger partial charge in [0.1, 0.15) is 6.54 Å². The third-order valence-corrected chi connectivity index (χ3v) is 1.76. The monoisotopic (exact) mass is 200 g/mol. The molecule has 0 aromatic heterocycles. The first-order valence-corrected chi connectivity index (χ1v) is 4.38. The molecule has 0 bridgehead atoms. The third-order valence-electron chi connectivity index (χ3n) is 1.76. The summed E-state index contributed by atoms with van der Waals surface area (Å²) < 4.78 is 4.68. The van der Waals surface area contributed by atoms with Crippen LogP contribution in [0.3, 0.4) is 0 Å². The smallest absolute Gasteiger partial charge is 0.324 e. The van der Waals surface area contributed by atoms with E-state index in [0.717, 1.165) is 0 Å². The molecule has 1 aliphatic rings. The van der Waals surface area contributed by atoms with E-state index in [9.17, 15) is 14.4 Å². The fourth-order valence-corrected chi connectivity index (χ4v) is 1.12. The van der Waals surface area contributed by atoms with Crippen molar-refractivity contribution in [3.63, 3.8) is 0 Å². The van der Waals surface area contributed by atoms with Crippen LogP contribution in [0.2, 0.25) is 0 Å². The minimum atomic E-state index is -0.445. The van der Waals surface area contributed by atoms with Gasteiger partial charge in [-0.3, -0.25) is 14.9 Å². The van der Waals surface area contributed by atoms with Gasteiger partial charge in [-0.15, -0.1) is 0 Å². The Bertz CT molecular complexity index is 264. The molecule has 1 N–H and O–H groups in total. The molecule has 0 aliphatic carbocycles. The minimum Gasteiger partial charge on any atom is -0.466 e. The second kappa shape index (κ2) is 4.59. The van der Waals surface area contributed by atoms with Gasteiger partial charge < -0.3 is 9.64 Å². The first kappa shape index (κ1) is 10.5. The Balaban J connectivity index is 2.28. The van der Waals surface area contributed by atoms with Gasteiger partial charge in [0.05, 0.1) is 13.0 Å². The summed E-state index contributed by atoms with van der Waals surface area (Å²) >= 11 is 0. The maximum absolute atomic E-state index is 11.0. The van der Waals surface area contributed by atoms with E-state index in [1.54, 1.807) is 6.92 Å². The average Bonchev–Trinajstić information content (AvgIpc) is 2.42. The van der Waals surface area contributed by atoms with Crippen LogP contribution in [0.15, 0.2) is 0 Å². The van der Waals surface area contributed by atoms with E-state index in [2.05, 4.69) is 10.1 Å². The zero-order chi connectivity index (χ0) is 10.6. The van der Waals surface area contributed by atoms with Crippen molar-refractivity contribution in [2.24, 2.45) is 0 Å². The number of nitrogens with zero attached hydrogens (tertiary/aromatic N) is 1. The molecule has 0 spiro atoms. The first-order chi connectivity index (χ1) is 6.63. The number of urea groups is 1. The molecule has 0 aromatic rings. The molecule has 3 amide bonds. The lowest BCUT2D eigenvalue weighted by atomic mass is 10.4. The van der Waals surface area contributed by atoms with E-state index in [1.165, 1.54) is 4.90 Å². The maximum atomic E-state index is 11.0. The quantitative estimate of drug-likeness (QED) is 0.490. The van der Waals surface area contributed by atoms with Crippen LogP contribution in [0.1, 0.15) is 13.3 Å². The highest BCUT2D eigenvalue weighted by Crippen LogP contribution is 2.00. The number of hydrogen-bond donors (Lipinski definition) is 1. The van der Waals surface area contributed by atoms with E-state index in [1.807, 2.05) is 0 Å². The van der Waals surface area contributed by atoms with E-state index < -0.39 is 6.03 Å². The molecule has 78 valence electrons. The number of esters is 1. The van der Waals surface area contributed by atoms with Gasteiger partial charge in [0.15, 0.2) is 0 Å². The number of carbonyl (C=O) groups is 3. The zero-order valence-corrected chi connectivity index (χ0v) is 7.91. The molecule has 14 heavy (non-hydrogen) atoms. The van der Waals surface area contributed by atoms with Gasteiger partial charge in [-0.2, -0.15) is 0 Å². The third kappa shape index (κ3) is 2.72. The van der Waals surface area contributed by atoms with Gasteiger partial charge in [0, 0.05) is 6.54 Å². The van der Waals surface area contributed by atoms with Gasteiger partial charge in [0.2, 0.25) is 5.91 Å². The molecule has 0 aromatic carbocycles. The molecular formula is C8H12N2O4. The van der Waals surface area contributed by atoms with Crippen molar-refractivity contribution < 1.29 is 19.1 Å². The molecule has 0 unspecified atom stereocenters. The van der Waals surface area contributed by atoms with Crippen molar-refractivity contribution in [1.82, 2.24) is 10.2 Å². The van der Waals surface area contributed by atoms with Crippen LogP contribution in [0.25, 0.3) is 0 Å². The summed E-state index contributed by atoms with van der Waals surface area (Å²) in [4.78, 5) is 33.9. The molecule has 0 saturated carbocycles. The van der Waals surface area contributed by atoms with Gasteiger partial charge in [-0.25, -0.2) is 4.79 Å². The number of hydrogen-bond acceptors (Lipinski definition) is 4. The lowest BCUT2D eigenvalue weighted by molar-refractivity contribution is -0.143. The summed E-state index contributed by atoms with van der Waals surface area (Å²) in [6.07, 6.45) is 0.120. The number of carbonyl (C=O) groups excluding carboxylic acids is 3. The van der Waals surface area contributed by atoms with Crippen LogP contribution < -0.4 is 5.32 Å². The fourth-order valence-electron chi connectivity index (χ4n) is 1.12. The number of rotatable bonds is 4. The topological polar surface area (TPSA) is 75.7 Å². The highest BCUT2D eigenvalue weighted by molar-refractivity contribution is 6.01. The van der Waals surface area contributed by atoms with Crippen LogP contribution in [-0.2, 0) is 14.3 Å². The Labute approximate surface area is 81.2 Å². The van der Waals surface area contributed by atoms with Crippen molar-refractivity contribution in [3.05, 3.63) is 0 Å². The Morgan fingerprint density at radius 3 is 2.79 bits per heavy atom. The fraction of sp³-hybridized carbons (Fsp3) is 0.625. The molecule has 0 radical (unpaired) electrons. The highest BCUT2D eigenvalue weighted by Gasteiger charge is 2.26. The molecule has 1 fully saturated rings. The summed E-state index contributed by atoms with van der Waals surface area (Å²) in [6, 6.07) is -0.445. The largest absolute Gasteiger partial charge is 0.466 e. The maximum Gasteiger partial charge on any atom is 0.324 e. The standard InChI is InChI=1S/C8H12N2O4/c1-2-14-7(12)3-4-10-5-6(11)9-8(10)13/h2-5H2,1H3,(H,9,11,13). The van der Waals surface area contributed by atoms with Crippen molar-refractivity contribution >= 4 is 17.9 Å². The number of amides is 3. The predicted molar refractivity (Wildman–Crippen MR) is 46.4 cm³/mol. The lowest BCUT2D eigenvalue weighted by Gasteiger charge is -2.11. The Hall–Kier alpha value is -1.59. The molecule has 1 heterocycles. The first-order valence-electron chi connectivity index (χ1n) is 4.38. The molecular weight excluding hydrogens is 188 g/mol. The summed E-state index contributed by atoms with van der Waals surface area (Å²) in [6.45, 7) is 2.28. The van der Waals surface area contributed by atoms with Crippen LogP contribution in [0.5, 0.6) is 0 Å². The van der Waals surface area contributed by atoms with Crippen LogP contribution >= 0.6 is 0 Å². The number of imide groups is 1. The van der Waals surface area contributed by atoms with Crippen molar-refractivity contribution in [3.8, 4) is 0 Å². The number of nitrogens with one attached hydrogen (secondary N) is 1. The SMILES string of the molecule is CCOC(=O)CCN1CC(=O)NC1=O. The Morgan fingerprint density at radius 2 is 2.29 bits per heavy atom. The van der Waals surface area contributed by atoms with E-state index in [4.69, 9.17) is 0 Å². The normalized spacial score (nSPS) is 15.6. The molecule has 1 aliphatic heterocycles. The van der Waals surface area contributed by atoms with E-state index in [-0.39, 0.29) is 31.4 Å². The minimum absolute atomic E-state index is 0.0260. The second-order valence-electron chi connectivity index (χ2n) is 2.83. The van der Waals surface area contributed by atoms with Crippen molar-refractivity contribution in [1.29, 1.82) is 0 Å². The second-order valence-corrected chi connectivity index (χ2v) is 2.83. The zero-order valence-electron chi connectivity index (χ0n) is 7.91.